The summed E-state index contributed by atoms with van der Waals surface area (Å²) in [6.45, 7) is 0. The molecule has 2 heterocycles. The number of nitrogens with one attached hydrogen (secondary N) is 1. The summed E-state index contributed by atoms with van der Waals surface area (Å²) in [5, 5.41) is 12.8. The summed E-state index contributed by atoms with van der Waals surface area (Å²) < 4.78 is 10.1. The Labute approximate surface area is 204 Å². The molecule has 2 aromatic heterocycles. The van der Waals surface area contributed by atoms with E-state index in [4.69, 9.17) is 32.7 Å². The van der Waals surface area contributed by atoms with Crippen molar-refractivity contribution < 1.29 is 24.2 Å². The van der Waals surface area contributed by atoms with Crippen LogP contribution >= 0.6 is 23.2 Å². The van der Waals surface area contributed by atoms with Gasteiger partial charge in [0.15, 0.2) is 0 Å². The number of carbonyl (C=O) groups is 2. The van der Waals surface area contributed by atoms with E-state index in [0.717, 1.165) is 0 Å². The number of nitrogens with zero attached hydrogens (tertiary/aromatic N) is 5. The second kappa shape index (κ2) is 10.9. The highest BCUT2D eigenvalue weighted by atomic mass is 35.5. The molecule has 0 saturated carbocycles. The molecular weight excluding hydrogens is 487 g/mol. The fraction of sp³-hybridized carbons (Fsp3) is 0.238. The summed E-state index contributed by atoms with van der Waals surface area (Å²) in [6.07, 6.45) is 2.77. The van der Waals surface area contributed by atoms with Crippen LogP contribution in [0.5, 0.6) is 12.0 Å². The standard InChI is InChI=1S/C21H20Cl2N6O5/c1-29(19-26-20(33-2)28-21(27-19)34-3)15(18(31)32)8-11-4-6-12(7-5-11)25-17(30)16-13(22)9-24-10-14(16)23/h4-7,9-10,15H,8H2,1-3H3,(H,25,30)(H,31,32). The van der Waals surface area contributed by atoms with Crippen molar-refractivity contribution in [2.75, 3.05) is 31.5 Å². The maximum Gasteiger partial charge on any atom is 0.326 e. The van der Waals surface area contributed by atoms with Crippen LogP contribution < -0.4 is 19.7 Å². The molecule has 11 nitrogen and oxygen atoms in total. The van der Waals surface area contributed by atoms with Crippen LogP contribution in [0.3, 0.4) is 0 Å². The number of carboxylic acid groups (broad SMARTS) is 1. The predicted octanol–water partition coefficient (Wildman–Crippen LogP) is 2.98. The van der Waals surface area contributed by atoms with Crippen molar-refractivity contribution in [3.8, 4) is 12.0 Å². The van der Waals surface area contributed by atoms with Crippen LogP contribution in [0.4, 0.5) is 11.6 Å². The van der Waals surface area contributed by atoms with E-state index in [1.165, 1.54) is 31.5 Å². The molecular formula is C21H20Cl2N6O5. The van der Waals surface area contributed by atoms with Crippen LogP contribution in [0, 0.1) is 0 Å². The van der Waals surface area contributed by atoms with Crippen LogP contribution in [0.25, 0.3) is 0 Å². The number of carboxylic acids is 1. The first-order valence-corrected chi connectivity index (χ1v) is 10.5. The first-order valence-electron chi connectivity index (χ1n) is 9.72. The lowest BCUT2D eigenvalue weighted by Crippen LogP contribution is -2.41. The number of rotatable bonds is 9. The van der Waals surface area contributed by atoms with Crippen LogP contribution in [-0.4, -0.2) is 64.2 Å². The molecule has 0 saturated heterocycles. The summed E-state index contributed by atoms with van der Waals surface area (Å²) in [5.41, 5.74) is 1.29. The minimum Gasteiger partial charge on any atom is -0.480 e. The lowest BCUT2D eigenvalue weighted by molar-refractivity contribution is -0.138. The number of aromatic nitrogens is 4. The Morgan fingerprint density at radius 3 is 2.09 bits per heavy atom. The number of pyridine rings is 1. The molecule has 3 rings (SSSR count). The summed E-state index contributed by atoms with van der Waals surface area (Å²) in [4.78, 5) is 41.8. The first kappa shape index (κ1) is 24.9. The van der Waals surface area contributed by atoms with Crippen LogP contribution in [0.15, 0.2) is 36.7 Å². The van der Waals surface area contributed by atoms with Crippen LogP contribution in [-0.2, 0) is 11.2 Å². The maximum atomic E-state index is 12.5. The second-order valence-electron chi connectivity index (χ2n) is 6.91. The number of ether oxygens (including phenoxy) is 2. The Bertz CT molecular complexity index is 1150. The van der Waals surface area contributed by atoms with Gasteiger partial charge in [0.1, 0.15) is 6.04 Å². The van der Waals surface area contributed by atoms with Gasteiger partial charge in [-0.25, -0.2) is 4.79 Å². The topological polar surface area (TPSA) is 140 Å². The molecule has 34 heavy (non-hydrogen) atoms. The fourth-order valence-electron chi connectivity index (χ4n) is 2.97. The number of benzene rings is 1. The number of aliphatic carboxylic acids is 1. The lowest BCUT2D eigenvalue weighted by Gasteiger charge is -2.25. The highest BCUT2D eigenvalue weighted by molar-refractivity contribution is 6.40. The van der Waals surface area contributed by atoms with Crippen molar-refractivity contribution in [2.24, 2.45) is 0 Å². The Morgan fingerprint density at radius 2 is 1.59 bits per heavy atom. The largest absolute Gasteiger partial charge is 0.480 e. The summed E-state index contributed by atoms with van der Waals surface area (Å²) in [7, 11) is 4.30. The Hall–Kier alpha value is -3.70. The van der Waals surface area contributed by atoms with E-state index in [9.17, 15) is 14.7 Å². The zero-order chi connectivity index (χ0) is 24.8. The van der Waals surface area contributed by atoms with Gasteiger partial charge in [0.2, 0.25) is 5.95 Å². The van der Waals surface area contributed by atoms with Gasteiger partial charge in [-0.15, -0.1) is 4.98 Å². The molecule has 178 valence electrons. The van der Waals surface area contributed by atoms with Gasteiger partial charge >= 0.3 is 18.0 Å². The number of halogens is 2. The number of likely N-dealkylation sites (N-methyl/N-ethyl adjacent to an activating group) is 1. The molecule has 0 aliphatic rings. The van der Waals surface area contributed by atoms with Gasteiger partial charge in [-0.3, -0.25) is 9.78 Å². The monoisotopic (exact) mass is 506 g/mol. The smallest absolute Gasteiger partial charge is 0.326 e. The molecule has 0 fully saturated rings. The Balaban J connectivity index is 1.76. The molecule has 0 bridgehead atoms. The van der Waals surface area contributed by atoms with E-state index >= 15 is 0 Å². The van der Waals surface area contributed by atoms with Crippen LogP contribution in [0.2, 0.25) is 10.0 Å². The average Bonchev–Trinajstić information content (AvgIpc) is 2.82. The van der Waals surface area contributed by atoms with Crippen molar-refractivity contribution in [3.63, 3.8) is 0 Å². The summed E-state index contributed by atoms with van der Waals surface area (Å²) in [5.74, 6) is -1.50. The maximum absolute atomic E-state index is 12.5. The van der Waals surface area contributed by atoms with E-state index in [1.54, 1.807) is 31.3 Å². The van der Waals surface area contributed by atoms with Gasteiger partial charge in [0.25, 0.3) is 5.91 Å². The zero-order valence-electron chi connectivity index (χ0n) is 18.3. The summed E-state index contributed by atoms with van der Waals surface area (Å²) in [6, 6.07) is 5.66. The first-order chi connectivity index (χ1) is 16.2. The molecule has 0 radical (unpaired) electrons. The molecule has 0 aliphatic heterocycles. The molecule has 1 atom stereocenters. The van der Waals surface area contributed by atoms with Crippen molar-refractivity contribution >= 4 is 46.7 Å². The van der Waals surface area contributed by atoms with Crippen molar-refractivity contribution in [2.45, 2.75) is 12.5 Å². The Kier molecular flexibility index (Phi) is 8.03. The number of carbonyl (C=O) groups excluding carboxylic acids is 1. The highest BCUT2D eigenvalue weighted by Crippen LogP contribution is 2.24. The highest BCUT2D eigenvalue weighted by Gasteiger charge is 2.26. The number of hydrogen-bond acceptors (Lipinski definition) is 9. The molecule has 2 N–H and O–H groups in total. The van der Waals surface area contributed by atoms with Gasteiger partial charge in [0.05, 0.1) is 29.8 Å². The molecule has 1 amide bonds. The number of amides is 1. The number of methoxy groups -OCH3 is 2. The van der Waals surface area contributed by atoms with E-state index < -0.39 is 17.9 Å². The molecule has 1 unspecified atom stereocenters. The minimum absolute atomic E-state index is 0.00710. The fourth-order valence-corrected chi connectivity index (χ4v) is 3.50. The average molecular weight is 507 g/mol. The van der Waals surface area contributed by atoms with E-state index in [-0.39, 0.29) is 40.0 Å². The SMILES string of the molecule is COc1nc(OC)nc(N(C)C(Cc2ccc(NC(=O)c3c(Cl)cncc3Cl)cc2)C(=O)O)n1. The van der Waals surface area contributed by atoms with Crippen LogP contribution in [0.1, 0.15) is 15.9 Å². The van der Waals surface area contributed by atoms with E-state index in [0.29, 0.717) is 11.3 Å². The lowest BCUT2D eigenvalue weighted by atomic mass is 10.0. The van der Waals surface area contributed by atoms with Gasteiger partial charge in [-0.2, -0.15) is 9.97 Å². The molecule has 13 heteroatoms. The van der Waals surface area contributed by atoms with Crippen molar-refractivity contribution in [1.29, 1.82) is 0 Å². The quantitative estimate of drug-likeness (QED) is 0.444. The third-order valence-corrected chi connectivity index (χ3v) is 5.31. The Morgan fingerprint density at radius 1 is 1.03 bits per heavy atom. The predicted molar refractivity (Wildman–Crippen MR) is 125 cm³/mol. The third-order valence-electron chi connectivity index (χ3n) is 4.74. The van der Waals surface area contributed by atoms with Gasteiger partial charge in [-0.1, -0.05) is 35.3 Å². The number of anilines is 2. The molecule has 0 aliphatic carbocycles. The minimum atomic E-state index is -1.08. The zero-order valence-corrected chi connectivity index (χ0v) is 19.8. The van der Waals surface area contributed by atoms with Crippen molar-refractivity contribution in [1.82, 2.24) is 19.9 Å². The van der Waals surface area contributed by atoms with Crippen molar-refractivity contribution in [3.05, 3.63) is 57.8 Å². The normalized spacial score (nSPS) is 11.4. The van der Waals surface area contributed by atoms with E-state index in [1.807, 2.05) is 0 Å². The molecule has 0 spiro atoms. The molecule has 3 aromatic rings. The van der Waals surface area contributed by atoms with Gasteiger partial charge in [-0.05, 0) is 17.7 Å². The molecule has 1 aromatic carbocycles. The third kappa shape index (κ3) is 5.80. The van der Waals surface area contributed by atoms with E-state index in [2.05, 4.69) is 25.3 Å². The second-order valence-corrected chi connectivity index (χ2v) is 7.72. The van der Waals surface area contributed by atoms with Gasteiger partial charge in [0, 0.05) is 31.5 Å². The summed E-state index contributed by atoms with van der Waals surface area (Å²) >= 11 is 12.0. The number of hydrogen-bond donors (Lipinski definition) is 2. The van der Waals surface area contributed by atoms with Gasteiger partial charge < -0.3 is 24.8 Å².